The van der Waals surface area contributed by atoms with Gasteiger partial charge in [0.2, 0.25) is 5.95 Å². The normalized spacial score (nSPS) is 32.9. The zero-order chi connectivity index (χ0) is 12.6. The summed E-state index contributed by atoms with van der Waals surface area (Å²) in [5.74, 6) is -0.132. The Bertz CT molecular complexity index is 462. The minimum Gasteiger partial charge on any atom is -0.394 e. The maximum absolute atomic E-state index is 10.9. The molecule has 1 aliphatic rings. The van der Waals surface area contributed by atoms with E-state index in [0.29, 0.717) is 0 Å². The number of ether oxygens (including phenoxy) is 1. The molecule has 1 fully saturated rings. The summed E-state index contributed by atoms with van der Waals surface area (Å²) in [5, 5.41) is 28.2. The van der Waals surface area contributed by atoms with Gasteiger partial charge in [0.1, 0.15) is 18.3 Å². The molecule has 0 saturated carbocycles. The Morgan fingerprint density at radius 3 is 2.71 bits per heavy atom. The van der Waals surface area contributed by atoms with E-state index >= 15 is 0 Å². The van der Waals surface area contributed by atoms with E-state index in [1.165, 1.54) is 10.8 Å². The Balaban J connectivity index is 2.32. The molecular formula is C9H13N3O5. The quantitative estimate of drug-likeness (QED) is 0.449. The van der Waals surface area contributed by atoms with Crippen LogP contribution in [0.1, 0.15) is 6.23 Å². The van der Waals surface area contributed by atoms with Crippen molar-refractivity contribution in [3.8, 4) is 0 Å². The van der Waals surface area contributed by atoms with Crippen LogP contribution >= 0.6 is 0 Å². The number of rotatable bonds is 2. The summed E-state index contributed by atoms with van der Waals surface area (Å²) in [6.45, 7) is -0.428. The maximum Gasteiger partial charge on any atom is 0.274 e. The van der Waals surface area contributed by atoms with Gasteiger partial charge in [0.25, 0.3) is 5.56 Å². The number of aromatic nitrogens is 2. The molecule has 0 radical (unpaired) electrons. The number of nitrogens with zero attached hydrogens (tertiary/aromatic N) is 2. The summed E-state index contributed by atoms with van der Waals surface area (Å²) >= 11 is 0. The van der Waals surface area contributed by atoms with Gasteiger partial charge in [0.05, 0.1) is 6.61 Å². The van der Waals surface area contributed by atoms with E-state index in [9.17, 15) is 15.0 Å². The van der Waals surface area contributed by atoms with Crippen molar-refractivity contribution in [2.45, 2.75) is 24.5 Å². The van der Waals surface area contributed by atoms with Gasteiger partial charge < -0.3 is 25.8 Å². The van der Waals surface area contributed by atoms with Crippen molar-refractivity contribution in [1.29, 1.82) is 0 Å². The summed E-state index contributed by atoms with van der Waals surface area (Å²) in [6, 6.07) is 1.16. The molecule has 94 valence electrons. The first-order chi connectivity index (χ1) is 8.04. The first-order valence-corrected chi connectivity index (χ1v) is 5.01. The lowest BCUT2D eigenvalue weighted by molar-refractivity contribution is -0.0523. The molecule has 0 bridgehead atoms. The molecule has 0 aliphatic carbocycles. The SMILES string of the molecule is Nc1nc(=O)ccn1[C@@H]1O[C@H](CO)C(O)[C@@H]1O. The highest BCUT2D eigenvalue weighted by Gasteiger charge is 2.43. The standard InChI is InChI=1S/C9H13N3O5/c10-9-11-5(14)1-2-12(9)8-7(16)6(15)4(3-13)17-8/h1-2,4,6-8,13,15-16H,3H2,(H2,10,11,14)/t4-,6?,7+,8-/m1/s1. The monoisotopic (exact) mass is 243 g/mol. The number of aliphatic hydroxyl groups excluding tert-OH is 3. The van der Waals surface area contributed by atoms with E-state index in [2.05, 4.69) is 4.98 Å². The van der Waals surface area contributed by atoms with Crippen molar-refractivity contribution in [2.75, 3.05) is 12.3 Å². The Kier molecular flexibility index (Phi) is 3.11. The van der Waals surface area contributed by atoms with Gasteiger partial charge in [-0.25, -0.2) is 0 Å². The van der Waals surface area contributed by atoms with E-state index in [1.807, 2.05) is 0 Å². The molecule has 1 aliphatic heterocycles. The summed E-state index contributed by atoms with van der Waals surface area (Å²) in [6.07, 6.45) is -3.03. The first kappa shape index (κ1) is 12.0. The molecule has 1 saturated heterocycles. The van der Waals surface area contributed by atoms with Crippen LogP contribution in [0.2, 0.25) is 0 Å². The topological polar surface area (TPSA) is 131 Å². The fraction of sp³-hybridized carbons (Fsp3) is 0.556. The lowest BCUT2D eigenvalue weighted by Gasteiger charge is -2.19. The predicted molar refractivity (Wildman–Crippen MR) is 55.9 cm³/mol. The highest BCUT2D eigenvalue weighted by molar-refractivity contribution is 5.17. The minimum absolute atomic E-state index is 0.132. The van der Waals surface area contributed by atoms with Crippen LogP contribution in [0, 0.1) is 0 Å². The first-order valence-electron chi connectivity index (χ1n) is 5.01. The Morgan fingerprint density at radius 1 is 1.47 bits per heavy atom. The number of nitrogens with two attached hydrogens (primary N) is 1. The fourth-order valence-electron chi connectivity index (χ4n) is 1.75. The smallest absolute Gasteiger partial charge is 0.274 e. The van der Waals surface area contributed by atoms with Gasteiger partial charge >= 0.3 is 0 Å². The number of hydrogen-bond acceptors (Lipinski definition) is 7. The van der Waals surface area contributed by atoms with Crippen LogP contribution in [0.3, 0.4) is 0 Å². The Morgan fingerprint density at radius 2 is 2.18 bits per heavy atom. The van der Waals surface area contributed by atoms with E-state index in [0.717, 1.165) is 6.07 Å². The predicted octanol–water partition coefficient (Wildman–Crippen LogP) is -2.56. The molecule has 5 N–H and O–H groups in total. The van der Waals surface area contributed by atoms with Crippen molar-refractivity contribution >= 4 is 5.95 Å². The molecule has 2 heterocycles. The van der Waals surface area contributed by atoms with Crippen LogP contribution in [0.15, 0.2) is 17.1 Å². The van der Waals surface area contributed by atoms with Gasteiger partial charge in [-0.1, -0.05) is 0 Å². The molecule has 4 atom stereocenters. The van der Waals surface area contributed by atoms with Crippen LogP contribution in [0.25, 0.3) is 0 Å². The second-order valence-corrected chi connectivity index (χ2v) is 3.76. The fourth-order valence-corrected chi connectivity index (χ4v) is 1.75. The molecule has 17 heavy (non-hydrogen) atoms. The van der Waals surface area contributed by atoms with Crippen LogP contribution in [-0.4, -0.2) is 49.8 Å². The minimum atomic E-state index is -1.25. The van der Waals surface area contributed by atoms with Crippen molar-refractivity contribution < 1.29 is 20.1 Å². The number of nitrogen functional groups attached to an aromatic ring is 1. The lowest BCUT2D eigenvalue weighted by atomic mass is 10.1. The maximum atomic E-state index is 10.9. The molecule has 0 aromatic carbocycles. The van der Waals surface area contributed by atoms with Gasteiger partial charge in [-0.3, -0.25) is 9.36 Å². The molecule has 0 spiro atoms. The summed E-state index contributed by atoms with van der Waals surface area (Å²) in [5.41, 5.74) is 5.00. The van der Waals surface area contributed by atoms with Gasteiger partial charge in [-0.2, -0.15) is 4.98 Å². The third kappa shape index (κ3) is 2.03. The summed E-state index contributed by atoms with van der Waals surface area (Å²) in [7, 11) is 0. The molecular weight excluding hydrogens is 230 g/mol. The molecule has 1 aromatic rings. The van der Waals surface area contributed by atoms with Crippen LogP contribution in [-0.2, 0) is 4.74 Å². The molecule has 1 unspecified atom stereocenters. The summed E-state index contributed by atoms with van der Waals surface area (Å²) in [4.78, 5) is 14.4. The zero-order valence-electron chi connectivity index (χ0n) is 8.80. The molecule has 8 heteroatoms. The van der Waals surface area contributed by atoms with E-state index < -0.39 is 36.7 Å². The molecule has 0 amide bonds. The zero-order valence-corrected chi connectivity index (χ0v) is 8.80. The average Bonchev–Trinajstić information content (AvgIpc) is 2.57. The van der Waals surface area contributed by atoms with Crippen molar-refractivity contribution in [1.82, 2.24) is 9.55 Å². The number of hydrogen-bond donors (Lipinski definition) is 4. The third-order valence-electron chi connectivity index (χ3n) is 2.66. The second-order valence-electron chi connectivity index (χ2n) is 3.76. The highest BCUT2D eigenvalue weighted by Crippen LogP contribution is 2.29. The lowest BCUT2D eigenvalue weighted by Crippen LogP contribution is -2.33. The van der Waals surface area contributed by atoms with Crippen LogP contribution < -0.4 is 11.3 Å². The van der Waals surface area contributed by atoms with E-state index in [1.54, 1.807) is 0 Å². The third-order valence-corrected chi connectivity index (χ3v) is 2.66. The average molecular weight is 243 g/mol. The van der Waals surface area contributed by atoms with Gasteiger partial charge in [-0.05, 0) is 0 Å². The van der Waals surface area contributed by atoms with Gasteiger partial charge in [0, 0.05) is 12.3 Å². The Hall–Kier alpha value is -1.48. The highest BCUT2D eigenvalue weighted by atomic mass is 16.6. The second kappa shape index (κ2) is 4.41. The van der Waals surface area contributed by atoms with Crippen molar-refractivity contribution in [3.63, 3.8) is 0 Å². The van der Waals surface area contributed by atoms with Crippen LogP contribution in [0.4, 0.5) is 5.95 Å². The number of anilines is 1. The molecule has 2 rings (SSSR count). The van der Waals surface area contributed by atoms with Crippen LogP contribution in [0.5, 0.6) is 0 Å². The van der Waals surface area contributed by atoms with E-state index in [4.69, 9.17) is 15.6 Å². The van der Waals surface area contributed by atoms with Crippen molar-refractivity contribution in [3.05, 3.63) is 22.6 Å². The largest absolute Gasteiger partial charge is 0.394 e. The molecule has 1 aromatic heterocycles. The van der Waals surface area contributed by atoms with Gasteiger partial charge in [-0.15, -0.1) is 0 Å². The summed E-state index contributed by atoms with van der Waals surface area (Å²) < 4.78 is 6.46. The van der Waals surface area contributed by atoms with E-state index in [-0.39, 0.29) is 5.95 Å². The van der Waals surface area contributed by atoms with Crippen molar-refractivity contribution in [2.24, 2.45) is 0 Å². The molecule has 8 nitrogen and oxygen atoms in total. The number of aliphatic hydroxyl groups is 3. The Labute approximate surface area is 95.9 Å². The van der Waals surface area contributed by atoms with Gasteiger partial charge in [0.15, 0.2) is 6.23 Å².